The molecule has 0 aliphatic heterocycles. The maximum absolute atomic E-state index is 13.3. The first kappa shape index (κ1) is 12.5. The average molecular weight is 248 g/mol. The molecule has 0 atom stereocenters. The lowest BCUT2D eigenvalue weighted by atomic mass is 9.98. The van der Waals surface area contributed by atoms with Crippen LogP contribution in [0.25, 0.3) is 17.2 Å². The van der Waals surface area contributed by atoms with E-state index in [1.807, 2.05) is 24.3 Å². The molecule has 0 N–H and O–H groups in total. The van der Waals surface area contributed by atoms with Crippen molar-refractivity contribution in [3.63, 3.8) is 0 Å². The van der Waals surface area contributed by atoms with Gasteiger partial charge < -0.3 is 0 Å². The van der Waals surface area contributed by atoms with Gasteiger partial charge in [-0.05, 0) is 34.9 Å². The molecule has 2 nitrogen and oxygen atoms in total. The van der Waals surface area contributed by atoms with Gasteiger partial charge in [0.1, 0.15) is 23.5 Å². The van der Waals surface area contributed by atoms with Crippen molar-refractivity contribution in [2.45, 2.75) is 0 Å². The monoisotopic (exact) mass is 248 g/mol. The first-order valence-electron chi connectivity index (χ1n) is 5.61. The highest BCUT2D eigenvalue weighted by molar-refractivity contribution is 5.77. The molecule has 19 heavy (non-hydrogen) atoms. The van der Waals surface area contributed by atoms with E-state index in [4.69, 9.17) is 10.5 Å². The molecule has 0 amide bonds. The van der Waals surface area contributed by atoms with Crippen molar-refractivity contribution in [3.8, 4) is 23.3 Å². The third-order valence-electron chi connectivity index (χ3n) is 2.64. The van der Waals surface area contributed by atoms with Crippen LogP contribution < -0.4 is 0 Å². The summed E-state index contributed by atoms with van der Waals surface area (Å²) in [6.45, 7) is 0. The van der Waals surface area contributed by atoms with Gasteiger partial charge in [-0.15, -0.1) is 0 Å². The number of halogens is 1. The minimum atomic E-state index is -0.322. The van der Waals surface area contributed by atoms with Crippen molar-refractivity contribution < 1.29 is 4.39 Å². The molecule has 0 aliphatic rings. The van der Waals surface area contributed by atoms with E-state index in [1.165, 1.54) is 18.2 Å². The highest BCUT2D eigenvalue weighted by Gasteiger charge is 2.04. The molecule has 2 aromatic rings. The van der Waals surface area contributed by atoms with E-state index in [1.54, 1.807) is 24.3 Å². The minimum Gasteiger partial charge on any atom is -0.207 e. The van der Waals surface area contributed by atoms with Crippen molar-refractivity contribution in [1.82, 2.24) is 0 Å². The maximum Gasteiger partial charge on any atom is 0.130 e. The fraction of sp³-hybridized carbons (Fsp3) is 0. The van der Waals surface area contributed by atoms with Crippen molar-refractivity contribution in [1.29, 1.82) is 10.5 Å². The van der Waals surface area contributed by atoms with E-state index in [2.05, 4.69) is 0 Å². The van der Waals surface area contributed by atoms with Crippen LogP contribution in [-0.4, -0.2) is 0 Å². The topological polar surface area (TPSA) is 47.6 Å². The zero-order chi connectivity index (χ0) is 13.7. The highest BCUT2D eigenvalue weighted by Crippen LogP contribution is 2.25. The maximum atomic E-state index is 13.3. The molecule has 0 aromatic heterocycles. The van der Waals surface area contributed by atoms with Crippen LogP contribution in [-0.2, 0) is 0 Å². The van der Waals surface area contributed by atoms with Gasteiger partial charge in [0.25, 0.3) is 0 Å². The van der Waals surface area contributed by atoms with E-state index in [0.29, 0.717) is 11.1 Å². The Bertz CT molecular complexity index is 702. The molecule has 0 unspecified atom stereocenters. The molecule has 2 aromatic carbocycles. The van der Waals surface area contributed by atoms with E-state index in [-0.39, 0.29) is 11.4 Å². The van der Waals surface area contributed by atoms with Crippen molar-refractivity contribution in [3.05, 3.63) is 65.5 Å². The summed E-state index contributed by atoms with van der Waals surface area (Å²) in [6, 6.07) is 17.1. The standard InChI is InChI=1S/C16H9FN2/c17-15-6-3-5-14(9-15)16-7-2-1-4-13(16)8-12(10-18)11-19/h1-9H. The molecule has 0 bridgehead atoms. The van der Waals surface area contributed by atoms with Gasteiger partial charge in [0.05, 0.1) is 0 Å². The zero-order valence-corrected chi connectivity index (χ0v) is 9.97. The molecule has 0 saturated heterocycles. The molecule has 0 heterocycles. The van der Waals surface area contributed by atoms with Crippen molar-refractivity contribution in [2.75, 3.05) is 0 Å². The third kappa shape index (κ3) is 2.86. The van der Waals surface area contributed by atoms with Gasteiger partial charge in [-0.25, -0.2) is 4.39 Å². The summed E-state index contributed by atoms with van der Waals surface area (Å²) in [5.74, 6) is -0.322. The van der Waals surface area contributed by atoms with Crippen LogP contribution in [0.2, 0.25) is 0 Å². The third-order valence-corrected chi connectivity index (χ3v) is 2.64. The minimum absolute atomic E-state index is 0.0175. The summed E-state index contributed by atoms with van der Waals surface area (Å²) >= 11 is 0. The van der Waals surface area contributed by atoms with Crippen LogP contribution in [0.15, 0.2) is 54.1 Å². The van der Waals surface area contributed by atoms with Gasteiger partial charge in [-0.2, -0.15) is 10.5 Å². The molecule has 0 radical (unpaired) electrons. The molecule has 0 spiro atoms. The van der Waals surface area contributed by atoms with Gasteiger partial charge >= 0.3 is 0 Å². The number of benzene rings is 2. The number of rotatable bonds is 2. The Hall–Kier alpha value is -2.91. The number of hydrogen-bond acceptors (Lipinski definition) is 2. The second-order valence-electron chi connectivity index (χ2n) is 3.88. The van der Waals surface area contributed by atoms with Gasteiger partial charge in [-0.3, -0.25) is 0 Å². The van der Waals surface area contributed by atoms with E-state index >= 15 is 0 Å². The summed E-state index contributed by atoms with van der Waals surface area (Å²) < 4.78 is 13.3. The SMILES string of the molecule is N#CC(C#N)=Cc1ccccc1-c1cccc(F)c1. The zero-order valence-electron chi connectivity index (χ0n) is 9.97. The fourth-order valence-electron chi connectivity index (χ4n) is 1.79. The van der Waals surface area contributed by atoms with Gasteiger partial charge in [-0.1, -0.05) is 36.4 Å². The van der Waals surface area contributed by atoms with Crippen LogP contribution in [0.3, 0.4) is 0 Å². The van der Waals surface area contributed by atoms with Crippen molar-refractivity contribution in [2.24, 2.45) is 0 Å². The lowest BCUT2D eigenvalue weighted by Gasteiger charge is -2.06. The van der Waals surface area contributed by atoms with E-state index in [0.717, 1.165) is 5.56 Å². The first-order valence-corrected chi connectivity index (χ1v) is 5.61. The summed E-state index contributed by atoms with van der Waals surface area (Å²) in [5.41, 5.74) is 2.22. The molecule has 0 fully saturated rings. The summed E-state index contributed by atoms with van der Waals surface area (Å²) in [4.78, 5) is 0. The van der Waals surface area contributed by atoms with Crippen molar-refractivity contribution >= 4 is 6.08 Å². The number of nitriles is 2. The molecule has 2 rings (SSSR count). The van der Waals surface area contributed by atoms with Gasteiger partial charge in [0.15, 0.2) is 0 Å². The lowest BCUT2D eigenvalue weighted by molar-refractivity contribution is 0.628. The first-order chi connectivity index (χ1) is 9.24. The number of allylic oxidation sites excluding steroid dienone is 1. The fourth-order valence-corrected chi connectivity index (χ4v) is 1.79. The van der Waals surface area contributed by atoms with Gasteiger partial charge in [0, 0.05) is 0 Å². The summed E-state index contributed by atoms with van der Waals surface area (Å²) in [6.07, 6.45) is 1.50. The molecule has 0 aliphatic carbocycles. The van der Waals surface area contributed by atoms with Crippen LogP contribution in [0.1, 0.15) is 5.56 Å². The van der Waals surface area contributed by atoms with Gasteiger partial charge in [0.2, 0.25) is 0 Å². The predicted octanol–water partition coefficient (Wildman–Crippen LogP) is 3.92. The summed E-state index contributed by atoms with van der Waals surface area (Å²) in [7, 11) is 0. The smallest absolute Gasteiger partial charge is 0.130 e. The van der Waals surface area contributed by atoms with Crippen LogP contribution in [0.5, 0.6) is 0 Å². The Morgan fingerprint density at radius 1 is 1.00 bits per heavy atom. The van der Waals surface area contributed by atoms with Crippen LogP contribution in [0, 0.1) is 28.5 Å². The lowest BCUT2D eigenvalue weighted by Crippen LogP contribution is -1.85. The second-order valence-corrected chi connectivity index (χ2v) is 3.88. The Morgan fingerprint density at radius 3 is 2.42 bits per heavy atom. The van der Waals surface area contributed by atoms with Crippen LogP contribution >= 0.6 is 0 Å². The Balaban J connectivity index is 2.58. The normalized spacial score (nSPS) is 9.21. The number of nitrogens with zero attached hydrogens (tertiary/aromatic N) is 2. The predicted molar refractivity (Wildman–Crippen MR) is 71.0 cm³/mol. The number of hydrogen-bond donors (Lipinski definition) is 0. The quantitative estimate of drug-likeness (QED) is 0.756. The molecular formula is C16H9FN2. The summed E-state index contributed by atoms with van der Waals surface area (Å²) in [5, 5.41) is 17.6. The molecule has 3 heteroatoms. The molecule has 0 saturated carbocycles. The highest BCUT2D eigenvalue weighted by atomic mass is 19.1. The Morgan fingerprint density at radius 2 is 1.74 bits per heavy atom. The second kappa shape index (κ2) is 5.62. The molecular weight excluding hydrogens is 239 g/mol. The van der Waals surface area contributed by atoms with Crippen LogP contribution in [0.4, 0.5) is 4.39 Å². The average Bonchev–Trinajstić information content (AvgIpc) is 2.45. The molecule has 90 valence electrons. The Labute approximate surface area is 110 Å². The van der Waals surface area contributed by atoms with E-state index in [9.17, 15) is 4.39 Å². The Kier molecular flexibility index (Phi) is 3.71. The van der Waals surface area contributed by atoms with E-state index < -0.39 is 0 Å². The largest absolute Gasteiger partial charge is 0.207 e.